The van der Waals surface area contributed by atoms with Crippen molar-refractivity contribution in [2.45, 2.75) is 20.8 Å². The van der Waals surface area contributed by atoms with E-state index in [1.165, 1.54) is 18.2 Å². The molecule has 0 atom stereocenters. The number of nitrogens with zero attached hydrogens (tertiary/aromatic N) is 1. The van der Waals surface area contributed by atoms with Crippen LogP contribution < -0.4 is 10.6 Å². The molecule has 158 valence electrons. The minimum absolute atomic E-state index is 0.0174. The SMILES string of the molecule is CCOC(=O)C(C(=O)OCC)=C(Nc1ccc(C)cc1)Nc1cccc([N+](=O)[O-])c1. The van der Waals surface area contributed by atoms with Crippen LogP contribution in [0.25, 0.3) is 0 Å². The topological polar surface area (TPSA) is 120 Å². The van der Waals surface area contributed by atoms with Crippen molar-refractivity contribution in [2.24, 2.45) is 0 Å². The van der Waals surface area contributed by atoms with Gasteiger partial charge in [-0.2, -0.15) is 0 Å². The van der Waals surface area contributed by atoms with Gasteiger partial charge in [-0.3, -0.25) is 10.1 Å². The van der Waals surface area contributed by atoms with Gasteiger partial charge in [0.1, 0.15) is 5.82 Å². The summed E-state index contributed by atoms with van der Waals surface area (Å²) in [5, 5.41) is 16.9. The highest BCUT2D eigenvalue weighted by molar-refractivity contribution is 6.15. The molecule has 0 aliphatic heterocycles. The third-order valence-electron chi connectivity index (χ3n) is 3.86. The summed E-state index contributed by atoms with van der Waals surface area (Å²) >= 11 is 0. The van der Waals surface area contributed by atoms with Crippen LogP contribution >= 0.6 is 0 Å². The highest BCUT2D eigenvalue weighted by Gasteiger charge is 2.27. The monoisotopic (exact) mass is 413 g/mol. The quantitative estimate of drug-likeness (QED) is 0.159. The molecule has 0 radical (unpaired) electrons. The first-order valence-corrected chi connectivity index (χ1v) is 9.29. The number of nitrogens with one attached hydrogen (secondary N) is 2. The van der Waals surface area contributed by atoms with Gasteiger partial charge >= 0.3 is 11.9 Å². The van der Waals surface area contributed by atoms with Crippen LogP contribution in [-0.2, 0) is 19.1 Å². The molecule has 2 aromatic carbocycles. The Balaban J connectivity index is 2.55. The molecule has 2 aromatic rings. The molecule has 0 amide bonds. The van der Waals surface area contributed by atoms with Crippen LogP contribution in [0.1, 0.15) is 19.4 Å². The van der Waals surface area contributed by atoms with Crippen molar-refractivity contribution >= 4 is 29.0 Å². The van der Waals surface area contributed by atoms with Gasteiger partial charge in [0.15, 0.2) is 5.57 Å². The first kappa shape index (κ1) is 22.4. The van der Waals surface area contributed by atoms with Crippen LogP contribution in [0.4, 0.5) is 17.1 Å². The minimum Gasteiger partial charge on any atom is -0.462 e. The first-order chi connectivity index (χ1) is 14.3. The van der Waals surface area contributed by atoms with Gasteiger partial charge in [0.25, 0.3) is 5.69 Å². The van der Waals surface area contributed by atoms with Crippen molar-refractivity contribution in [2.75, 3.05) is 23.8 Å². The molecular formula is C21H23N3O6. The Morgan fingerprint density at radius 2 is 1.50 bits per heavy atom. The lowest BCUT2D eigenvalue weighted by atomic mass is 10.2. The lowest BCUT2D eigenvalue weighted by molar-refractivity contribution is -0.384. The molecule has 2 N–H and O–H groups in total. The number of esters is 2. The Bertz CT molecular complexity index is 933. The molecule has 0 bridgehead atoms. The number of benzene rings is 2. The number of nitro groups is 1. The summed E-state index contributed by atoms with van der Waals surface area (Å²) < 4.78 is 10.0. The summed E-state index contributed by atoms with van der Waals surface area (Å²) in [6.07, 6.45) is 0. The number of carbonyl (C=O) groups is 2. The molecule has 9 heteroatoms. The normalized spacial score (nSPS) is 9.97. The van der Waals surface area contributed by atoms with Crippen LogP contribution in [-0.4, -0.2) is 30.1 Å². The van der Waals surface area contributed by atoms with Crippen molar-refractivity contribution < 1.29 is 24.0 Å². The second-order valence-electron chi connectivity index (χ2n) is 6.11. The molecular weight excluding hydrogens is 390 g/mol. The van der Waals surface area contributed by atoms with Crippen LogP contribution in [0.2, 0.25) is 0 Å². The molecule has 0 unspecified atom stereocenters. The van der Waals surface area contributed by atoms with Gasteiger partial charge < -0.3 is 20.1 Å². The molecule has 30 heavy (non-hydrogen) atoms. The van der Waals surface area contributed by atoms with E-state index in [-0.39, 0.29) is 30.3 Å². The van der Waals surface area contributed by atoms with Crippen molar-refractivity contribution in [3.8, 4) is 0 Å². The standard InChI is InChI=1S/C21H23N3O6/c1-4-29-20(25)18(21(26)30-5-2)19(22-15-11-9-14(3)10-12-15)23-16-7-6-8-17(13-16)24(27)28/h6-13,22-23H,4-5H2,1-3H3. The Labute approximate surface area is 173 Å². The second-order valence-corrected chi connectivity index (χ2v) is 6.11. The fourth-order valence-corrected chi connectivity index (χ4v) is 2.47. The van der Waals surface area contributed by atoms with E-state index in [1.54, 1.807) is 32.0 Å². The maximum atomic E-state index is 12.5. The van der Waals surface area contributed by atoms with Crippen molar-refractivity contribution in [3.63, 3.8) is 0 Å². The third kappa shape index (κ3) is 6.06. The molecule has 0 spiro atoms. The molecule has 9 nitrogen and oxygen atoms in total. The van der Waals surface area contributed by atoms with Gasteiger partial charge in [0.05, 0.1) is 18.1 Å². The average molecular weight is 413 g/mol. The minimum atomic E-state index is -0.886. The zero-order valence-corrected chi connectivity index (χ0v) is 16.9. The van der Waals surface area contributed by atoms with E-state index < -0.39 is 16.9 Å². The summed E-state index contributed by atoms with van der Waals surface area (Å²) in [7, 11) is 0. The van der Waals surface area contributed by atoms with Gasteiger partial charge in [-0.05, 0) is 39.0 Å². The lowest BCUT2D eigenvalue weighted by Crippen LogP contribution is -2.26. The predicted octanol–water partition coefficient (Wildman–Crippen LogP) is 3.77. The van der Waals surface area contributed by atoms with Crippen molar-refractivity contribution in [3.05, 3.63) is 75.6 Å². The maximum absolute atomic E-state index is 12.5. The Kier molecular flexibility index (Phi) is 7.92. The zero-order chi connectivity index (χ0) is 22.1. The van der Waals surface area contributed by atoms with Crippen molar-refractivity contribution in [1.29, 1.82) is 0 Å². The molecule has 0 aliphatic rings. The van der Waals surface area contributed by atoms with E-state index in [4.69, 9.17) is 9.47 Å². The van der Waals surface area contributed by atoms with E-state index in [9.17, 15) is 19.7 Å². The number of hydrogen-bond donors (Lipinski definition) is 2. The highest BCUT2D eigenvalue weighted by atomic mass is 16.6. The Morgan fingerprint density at radius 1 is 0.933 bits per heavy atom. The van der Waals surface area contributed by atoms with E-state index in [1.807, 2.05) is 19.1 Å². The largest absolute Gasteiger partial charge is 0.462 e. The van der Waals surface area contributed by atoms with E-state index in [0.29, 0.717) is 11.4 Å². The van der Waals surface area contributed by atoms with Crippen LogP contribution in [0.15, 0.2) is 59.9 Å². The molecule has 0 saturated carbocycles. The second kappa shape index (κ2) is 10.6. The highest BCUT2D eigenvalue weighted by Crippen LogP contribution is 2.22. The number of non-ortho nitro benzene ring substituents is 1. The number of carbonyl (C=O) groups excluding carboxylic acids is 2. The number of ether oxygens (including phenoxy) is 2. The summed E-state index contributed by atoms with van der Waals surface area (Å²) in [4.78, 5) is 35.6. The van der Waals surface area contributed by atoms with E-state index in [2.05, 4.69) is 10.6 Å². The number of aryl methyl sites for hydroxylation is 1. The van der Waals surface area contributed by atoms with Gasteiger partial charge in [-0.15, -0.1) is 0 Å². The van der Waals surface area contributed by atoms with Crippen LogP contribution in [0.5, 0.6) is 0 Å². The smallest absolute Gasteiger partial charge is 0.349 e. The Morgan fingerprint density at radius 3 is 2.03 bits per heavy atom. The number of nitro benzene ring substituents is 1. The maximum Gasteiger partial charge on any atom is 0.349 e. The number of rotatable bonds is 9. The van der Waals surface area contributed by atoms with Gasteiger partial charge in [-0.1, -0.05) is 23.8 Å². The van der Waals surface area contributed by atoms with Gasteiger partial charge in [0, 0.05) is 23.5 Å². The molecule has 0 saturated heterocycles. The van der Waals surface area contributed by atoms with E-state index in [0.717, 1.165) is 5.56 Å². The summed E-state index contributed by atoms with van der Waals surface area (Å²) in [5.41, 5.74) is 1.37. The summed E-state index contributed by atoms with van der Waals surface area (Å²) in [5.74, 6) is -1.79. The van der Waals surface area contributed by atoms with E-state index >= 15 is 0 Å². The first-order valence-electron chi connectivity index (χ1n) is 9.29. The molecule has 0 fully saturated rings. The summed E-state index contributed by atoms with van der Waals surface area (Å²) in [6.45, 7) is 5.25. The van der Waals surface area contributed by atoms with Crippen molar-refractivity contribution in [1.82, 2.24) is 0 Å². The molecule has 0 aliphatic carbocycles. The van der Waals surface area contributed by atoms with Crippen LogP contribution in [0.3, 0.4) is 0 Å². The fraction of sp³-hybridized carbons (Fsp3) is 0.238. The average Bonchev–Trinajstić information content (AvgIpc) is 2.70. The zero-order valence-electron chi connectivity index (χ0n) is 16.9. The number of hydrogen-bond acceptors (Lipinski definition) is 8. The molecule has 0 aromatic heterocycles. The molecule has 2 rings (SSSR count). The molecule has 0 heterocycles. The predicted molar refractivity (Wildman–Crippen MR) is 112 cm³/mol. The van der Waals surface area contributed by atoms with Gasteiger partial charge in [-0.25, -0.2) is 9.59 Å². The lowest BCUT2D eigenvalue weighted by Gasteiger charge is -2.18. The van der Waals surface area contributed by atoms with Crippen LogP contribution in [0, 0.1) is 17.0 Å². The summed E-state index contributed by atoms with van der Waals surface area (Å²) in [6, 6.07) is 12.9. The third-order valence-corrected chi connectivity index (χ3v) is 3.86. The van der Waals surface area contributed by atoms with Gasteiger partial charge in [0.2, 0.25) is 0 Å². The fourth-order valence-electron chi connectivity index (χ4n) is 2.47. The Hall–Kier alpha value is -3.88. The number of anilines is 2.